The zero-order chi connectivity index (χ0) is 14.8. The molecule has 0 aliphatic carbocycles. The molecule has 21 heavy (non-hydrogen) atoms. The first-order chi connectivity index (χ1) is 10.2. The Labute approximate surface area is 125 Å². The minimum atomic E-state index is 0.0609. The van der Waals surface area contributed by atoms with Gasteiger partial charge in [-0.25, -0.2) is 0 Å². The highest BCUT2D eigenvalue weighted by molar-refractivity contribution is 5.95. The molecular weight excluding hydrogens is 266 g/mol. The summed E-state index contributed by atoms with van der Waals surface area (Å²) in [6.07, 6.45) is 5.57. The molecule has 1 aromatic rings. The van der Waals surface area contributed by atoms with Crippen LogP contribution < -0.4 is 16.0 Å². The van der Waals surface area contributed by atoms with Crippen molar-refractivity contribution in [3.63, 3.8) is 0 Å². The van der Waals surface area contributed by atoms with Gasteiger partial charge in [0.15, 0.2) is 0 Å². The summed E-state index contributed by atoms with van der Waals surface area (Å²) in [5.41, 5.74) is 10.0. The number of aliphatic hydroxyl groups excluding tert-OH is 1. The number of fused-ring (bicyclic) bond motifs is 1. The number of anilines is 3. The van der Waals surface area contributed by atoms with Gasteiger partial charge >= 0.3 is 0 Å². The van der Waals surface area contributed by atoms with Crippen LogP contribution in [-0.4, -0.2) is 30.2 Å². The molecule has 2 aliphatic heterocycles. The molecule has 1 saturated heterocycles. The van der Waals surface area contributed by atoms with Crippen molar-refractivity contribution in [1.82, 2.24) is 0 Å². The molecule has 2 heterocycles. The third-order valence-electron chi connectivity index (χ3n) is 4.55. The van der Waals surface area contributed by atoms with Crippen molar-refractivity contribution in [1.29, 1.82) is 0 Å². The summed E-state index contributed by atoms with van der Waals surface area (Å²) in [5.74, 6) is 0.0609. The average Bonchev–Trinajstić information content (AvgIpc) is 2.47. The second-order valence-corrected chi connectivity index (χ2v) is 5.97. The molecule has 1 fully saturated rings. The lowest BCUT2D eigenvalue weighted by Gasteiger charge is -2.38. The van der Waals surface area contributed by atoms with E-state index in [1.807, 2.05) is 6.07 Å². The van der Waals surface area contributed by atoms with Gasteiger partial charge in [-0.3, -0.25) is 4.79 Å². The highest BCUT2D eigenvalue weighted by Crippen LogP contribution is 2.36. The molecule has 0 bridgehead atoms. The van der Waals surface area contributed by atoms with Gasteiger partial charge in [0.05, 0.1) is 11.4 Å². The van der Waals surface area contributed by atoms with Gasteiger partial charge in [-0.05, 0) is 49.8 Å². The minimum Gasteiger partial charge on any atom is -0.397 e. The van der Waals surface area contributed by atoms with Crippen molar-refractivity contribution < 1.29 is 9.90 Å². The molecule has 0 radical (unpaired) electrons. The van der Waals surface area contributed by atoms with Gasteiger partial charge < -0.3 is 21.1 Å². The topological polar surface area (TPSA) is 78.6 Å². The van der Waals surface area contributed by atoms with Crippen LogP contribution in [0.1, 0.15) is 37.7 Å². The third-order valence-corrected chi connectivity index (χ3v) is 4.55. The quantitative estimate of drug-likeness (QED) is 0.743. The van der Waals surface area contributed by atoms with Crippen molar-refractivity contribution in [2.75, 3.05) is 29.1 Å². The van der Waals surface area contributed by atoms with Gasteiger partial charge in [0.2, 0.25) is 5.91 Å². The first-order valence-electron chi connectivity index (χ1n) is 7.79. The number of hydrogen-bond donors (Lipinski definition) is 3. The molecule has 2 aliphatic rings. The smallest absolute Gasteiger partial charge is 0.224 e. The lowest BCUT2D eigenvalue weighted by molar-refractivity contribution is -0.116. The zero-order valence-electron chi connectivity index (χ0n) is 12.3. The number of piperidine rings is 1. The third kappa shape index (κ3) is 2.83. The van der Waals surface area contributed by atoms with E-state index in [9.17, 15) is 9.90 Å². The maximum atomic E-state index is 11.5. The van der Waals surface area contributed by atoms with Crippen LogP contribution in [0.3, 0.4) is 0 Å². The molecule has 0 aromatic heterocycles. The van der Waals surface area contributed by atoms with Crippen LogP contribution in [-0.2, 0) is 11.2 Å². The van der Waals surface area contributed by atoms with Crippen LogP contribution in [0, 0.1) is 0 Å². The number of nitrogen functional groups attached to an aromatic ring is 1. The highest BCUT2D eigenvalue weighted by Gasteiger charge is 2.25. The van der Waals surface area contributed by atoms with Crippen molar-refractivity contribution in [3.05, 3.63) is 17.7 Å². The largest absolute Gasteiger partial charge is 0.397 e. The molecule has 1 aromatic carbocycles. The first kappa shape index (κ1) is 14.2. The van der Waals surface area contributed by atoms with E-state index in [2.05, 4.69) is 16.3 Å². The molecule has 3 rings (SSSR count). The monoisotopic (exact) mass is 289 g/mol. The Morgan fingerprint density at radius 1 is 1.33 bits per heavy atom. The molecule has 1 atom stereocenters. The molecule has 5 nitrogen and oxygen atoms in total. The number of hydrogen-bond acceptors (Lipinski definition) is 4. The van der Waals surface area contributed by atoms with Crippen LogP contribution in [0.25, 0.3) is 0 Å². The number of amides is 1. The number of aryl methyl sites for hydroxylation is 1. The number of nitrogens with two attached hydrogens (primary N) is 1. The standard InChI is InChI=1S/C16H23N3O2/c17-13-10-14-11(4-5-16(21)18-14)9-15(13)19-7-2-1-3-12(19)6-8-20/h9-10,12,20H,1-8,17H2,(H,18,21). The van der Waals surface area contributed by atoms with E-state index < -0.39 is 0 Å². The fraction of sp³-hybridized carbons (Fsp3) is 0.562. The van der Waals surface area contributed by atoms with Gasteiger partial charge in [-0.15, -0.1) is 0 Å². The van der Waals surface area contributed by atoms with Crippen LogP contribution in [0.5, 0.6) is 0 Å². The number of aliphatic hydroxyl groups is 1. The number of benzene rings is 1. The molecule has 0 saturated carbocycles. The molecule has 114 valence electrons. The lowest BCUT2D eigenvalue weighted by Crippen LogP contribution is -2.40. The maximum absolute atomic E-state index is 11.5. The van der Waals surface area contributed by atoms with Gasteiger partial charge in [0, 0.05) is 31.3 Å². The second-order valence-electron chi connectivity index (χ2n) is 5.97. The van der Waals surface area contributed by atoms with Crippen molar-refractivity contribution in [2.45, 2.75) is 44.6 Å². The fourth-order valence-corrected chi connectivity index (χ4v) is 3.45. The maximum Gasteiger partial charge on any atom is 0.224 e. The van der Waals surface area contributed by atoms with E-state index in [-0.39, 0.29) is 12.5 Å². The number of rotatable bonds is 3. The summed E-state index contributed by atoms with van der Waals surface area (Å²) in [6.45, 7) is 1.20. The fourth-order valence-electron chi connectivity index (χ4n) is 3.45. The van der Waals surface area contributed by atoms with Crippen LogP contribution >= 0.6 is 0 Å². The Morgan fingerprint density at radius 3 is 3.00 bits per heavy atom. The first-order valence-corrected chi connectivity index (χ1v) is 7.79. The van der Waals surface area contributed by atoms with Gasteiger partial charge in [0.1, 0.15) is 0 Å². The number of nitrogens with one attached hydrogen (secondary N) is 1. The Balaban J connectivity index is 1.92. The molecule has 1 unspecified atom stereocenters. The summed E-state index contributed by atoms with van der Waals surface area (Å²) >= 11 is 0. The highest BCUT2D eigenvalue weighted by atomic mass is 16.3. The van der Waals surface area contributed by atoms with Crippen LogP contribution in [0.15, 0.2) is 12.1 Å². The van der Waals surface area contributed by atoms with E-state index in [0.717, 1.165) is 49.2 Å². The average molecular weight is 289 g/mol. The summed E-state index contributed by atoms with van der Waals surface area (Å²) in [4.78, 5) is 13.8. The van der Waals surface area contributed by atoms with E-state index in [1.54, 1.807) is 0 Å². The van der Waals surface area contributed by atoms with E-state index >= 15 is 0 Å². The Morgan fingerprint density at radius 2 is 2.19 bits per heavy atom. The molecule has 1 amide bonds. The number of carbonyl (C=O) groups excluding carboxylic acids is 1. The van der Waals surface area contributed by atoms with Gasteiger partial charge in [-0.1, -0.05) is 0 Å². The van der Waals surface area contributed by atoms with Crippen molar-refractivity contribution in [3.8, 4) is 0 Å². The van der Waals surface area contributed by atoms with E-state index in [4.69, 9.17) is 5.73 Å². The summed E-state index contributed by atoms with van der Waals surface area (Å²) < 4.78 is 0. The zero-order valence-corrected chi connectivity index (χ0v) is 12.3. The minimum absolute atomic E-state index is 0.0609. The normalized spacial score (nSPS) is 21.9. The summed E-state index contributed by atoms with van der Waals surface area (Å²) in [5, 5.41) is 12.2. The van der Waals surface area contributed by atoms with Crippen molar-refractivity contribution in [2.24, 2.45) is 0 Å². The van der Waals surface area contributed by atoms with Gasteiger partial charge in [-0.2, -0.15) is 0 Å². The molecule has 4 N–H and O–H groups in total. The van der Waals surface area contributed by atoms with Crippen LogP contribution in [0.2, 0.25) is 0 Å². The lowest BCUT2D eigenvalue weighted by atomic mass is 9.96. The van der Waals surface area contributed by atoms with E-state index in [1.165, 1.54) is 6.42 Å². The van der Waals surface area contributed by atoms with Gasteiger partial charge in [0.25, 0.3) is 0 Å². The number of nitrogens with zero attached hydrogens (tertiary/aromatic N) is 1. The molecule has 0 spiro atoms. The van der Waals surface area contributed by atoms with Crippen LogP contribution in [0.4, 0.5) is 17.1 Å². The predicted molar refractivity (Wildman–Crippen MR) is 84.5 cm³/mol. The van der Waals surface area contributed by atoms with E-state index in [0.29, 0.717) is 18.2 Å². The Hall–Kier alpha value is -1.75. The Bertz CT molecular complexity index is 543. The SMILES string of the molecule is Nc1cc2c(cc1N1CCCCC1CCO)CCC(=O)N2. The number of carbonyl (C=O) groups is 1. The Kier molecular flexibility index (Phi) is 4.01. The second kappa shape index (κ2) is 5.93. The molecule has 5 heteroatoms. The van der Waals surface area contributed by atoms with Crippen molar-refractivity contribution >= 4 is 23.0 Å². The summed E-state index contributed by atoms with van der Waals surface area (Å²) in [7, 11) is 0. The molecular formula is C16H23N3O2. The predicted octanol–water partition coefficient (Wildman–Crippen LogP) is 1.89. The summed E-state index contributed by atoms with van der Waals surface area (Å²) in [6, 6.07) is 4.37.